The Morgan fingerprint density at radius 1 is 1.14 bits per heavy atom. The highest BCUT2D eigenvalue weighted by Crippen LogP contribution is 2.42. The molecule has 7 nitrogen and oxygen atoms in total. The number of methoxy groups -OCH3 is 3. The second-order valence-electron chi connectivity index (χ2n) is 6.03. The van der Waals surface area contributed by atoms with Gasteiger partial charge in [-0.2, -0.15) is 5.26 Å². The fourth-order valence-electron chi connectivity index (χ4n) is 3.02. The molecular formula is C21H23NO6S. The molecule has 1 heterocycles. The molecule has 2 atom stereocenters. The molecule has 0 unspecified atom stereocenters. The third-order valence-corrected chi connectivity index (χ3v) is 5.31. The zero-order valence-corrected chi connectivity index (χ0v) is 17.6. The summed E-state index contributed by atoms with van der Waals surface area (Å²) < 4.78 is 21.2. The van der Waals surface area contributed by atoms with Crippen LogP contribution >= 0.6 is 11.3 Å². The number of benzene rings is 1. The van der Waals surface area contributed by atoms with Gasteiger partial charge in [-0.05, 0) is 36.1 Å². The lowest BCUT2D eigenvalue weighted by atomic mass is 9.82. The quantitative estimate of drug-likeness (QED) is 0.428. The van der Waals surface area contributed by atoms with E-state index in [4.69, 9.17) is 18.9 Å². The first-order valence-electron chi connectivity index (χ1n) is 8.93. The standard InChI is InChI=1S/C21H23NO6S/c1-5-28-21(24)15(12-22)14(11-16(23)19-7-6-8-29-19)13-9-17(25-2)20(27-4)18(10-13)26-3/h6-10,14-15H,5,11H2,1-4H3/t14-,15+/m0/s1. The molecule has 0 saturated heterocycles. The van der Waals surface area contributed by atoms with Gasteiger partial charge in [0.15, 0.2) is 23.2 Å². The number of carbonyl (C=O) groups excluding carboxylic acids is 2. The number of nitriles is 1. The van der Waals surface area contributed by atoms with Crippen LogP contribution in [-0.2, 0) is 9.53 Å². The number of thiophene rings is 1. The molecule has 0 amide bonds. The van der Waals surface area contributed by atoms with E-state index in [0.717, 1.165) is 0 Å². The van der Waals surface area contributed by atoms with Gasteiger partial charge in [0.1, 0.15) is 0 Å². The maximum absolute atomic E-state index is 12.8. The van der Waals surface area contributed by atoms with Gasteiger partial charge in [0.25, 0.3) is 0 Å². The average Bonchev–Trinajstić information content (AvgIpc) is 3.27. The van der Waals surface area contributed by atoms with Crippen LogP contribution in [0.1, 0.15) is 34.5 Å². The van der Waals surface area contributed by atoms with Gasteiger partial charge < -0.3 is 18.9 Å². The maximum atomic E-state index is 12.8. The molecule has 0 aliphatic carbocycles. The Bertz CT molecular complexity index is 862. The van der Waals surface area contributed by atoms with Crippen molar-refractivity contribution in [1.29, 1.82) is 5.26 Å². The van der Waals surface area contributed by atoms with Gasteiger partial charge in [-0.15, -0.1) is 11.3 Å². The molecule has 8 heteroatoms. The second-order valence-corrected chi connectivity index (χ2v) is 6.98. The number of hydrogen-bond donors (Lipinski definition) is 0. The van der Waals surface area contributed by atoms with Crippen molar-refractivity contribution in [2.24, 2.45) is 5.92 Å². The van der Waals surface area contributed by atoms with Gasteiger partial charge in [0.05, 0.1) is 38.9 Å². The monoisotopic (exact) mass is 417 g/mol. The summed E-state index contributed by atoms with van der Waals surface area (Å²) in [6, 6.07) is 8.79. The molecule has 1 aromatic heterocycles. The molecule has 0 saturated carbocycles. The lowest BCUT2D eigenvalue weighted by Gasteiger charge is -2.23. The van der Waals surface area contributed by atoms with Crippen molar-refractivity contribution >= 4 is 23.1 Å². The van der Waals surface area contributed by atoms with Crippen LogP contribution in [0.25, 0.3) is 0 Å². The average molecular weight is 417 g/mol. The molecule has 0 aliphatic rings. The molecule has 29 heavy (non-hydrogen) atoms. The van der Waals surface area contributed by atoms with Crippen molar-refractivity contribution < 1.29 is 28.5 Å². The molecular weight excluding hydrogens is 394 g/mol. The highest BCUT2D eigenvalue weighted by atomic mass is 32.1. The fourth-order valence-corrected chi connectivity index (χ4v) is 3.70. The molecule has 0 spiro atoms. The minimum atomic E-state index is -1.17. The Morgan fingerprint density at radius 3 is 2.24 bits per heavy atom. The van der Waals surface area contributed by atoms with Crippen molar-refractivity contribution in [1.82, 2.24) is 0 Å². The van der Waals surface area contributed by atoms with Crippen LogP contribution in [0.2, 0.25) is 0 Å². The number of Topliss-reactive ketones (excluding diaryl/α,β-unsaturated/α-hetero) is 1. The van der Waals surface area contributed by atoms with Crippen LogP contribution < -0.4 is 14.2 Å². The van der Waals surface area contributed by atoms with Crippen LogP contribution in [0.15, 0.2) is 29.6 Å². The smallest absolute Gasteiger partial charge is 0.323 e. The lowest BCUT2D eigenvalue weighted by molar-refractivity contribution is -0.146. The van der Waals surface area contributed by atoms with Crippen molar-refractivity contribution in [2.75, 3.05) is 27.9 Å². The number of carbonyl (C=O) groups is 2. The fraction of sp³-hybridized carbons (Fsp3) is 0.381. The summed E-state index contributed by atoms with van der Waals surface area (Å²) in [5.41, 5.74) is 0.545. The SMILES string of the molecule is CCOC(=O)[C@H](C#N)[C@@H](CC(=O)c1cccs1)c1cc(OC)c(OC)c(OC)c1. The Hall–Kier alpha value is -3.05. The van der Waals surface area contributed by atoms with Gasteiger partial charge in [0, 0.05) is 12.3 Å². The number of ketones is 1. The first-order chi connectivity index (χ1) is 14.0. The van der Waals surface area contributed by atoms with Crippen LogP contribution in [-0.4, -0.2) is 39.7 Å². The topological polar surface area (TPSA) is 94.9 Å². The molecule has 0 radical (unpaired) electrons. The van der Waals surface area contributed by atoms with Crippen LogP contribution in [0, 0.1) is 17.2 Å². The lowest BCUT2D eigenvalue weighted by Crippen LogP contribution is -2.25. The van der Waals surface area contributed by atoms with Crippen LogP contribution in [0.4, 0.5) is 0 Å². The number of hydrogen-bond acceptors (Lipinski definition) is 8. The largest absolute Gasteiger partial charge is 0.493 e. The van der Waals surface area contributed by atoms with Gasteiger partial charge in [-0.25, -0.2) is 0 Å². The number of esters is 1. The second kappa shape index (κ2) is 10.5. The highest BCUT2D eigenvalue weighted by Gasteiger charge is 2.34. The van der Waals surface area contributed by atoms with Crippen molar-refractivity contribution in [3.8, 4) is 23.3 Å². The summed E-state index contributed by atoms with van der Waals surface area (Å²) in [6.07, 6.45) is -0.0454. The third kappa shape index (κ3) is 5.06. The van der Waals surface area contributed by atoms with E-state index in [1.165, 1.54) is 32.7 Å². The van der Waals surface area contributed by atoms with E-state index in [1.807, 2.05) is 6.07 Å². The van der Waals surface area contributed by atoms with Crippen molar-refractivity contribution in [3.05, 3.63) is 40.1 Å². The Kier molecular flexibility index (Phi) is 8.04. The predicted octanol–water partition coefficient (Wildman–Crippen LogP) is 3.83. The van der Waals surface area contributed by atoms with Crippen molar-refractivity contribution in [2.45, 2.75) is 19.3 Å². The summed E-state index contributed by atoms with van der Waals surface area (Å²) in [6.45, 7) is 1.80. The molecule has 2 rings (SSSR count). The normalized spacial score (nSPS) is 12.4. The Labute approximate surface area is 173 Å². The van der Waals surface area contributed by atoms with Crippen molar-refractivity contribution in [3.63, 3.8) is 0 Å². The van der Waals surface area contributed by atoms with Gasteiger partial charge in [-0.1, -0.05) is 6.07 Å². The van der Waals surface area contributed by atoms with Gasteiger partial charge in [-0.3, -0.25) is 9.59 Å². The Morgan fingerprint density at radius 2 is 1.79 bits per heavy atom. The maximum Gasteiger partial charge on any atom is 0.323 e. The summed E-state index contributed by atoms with van der Waals surface area (Å²) >= 11 is 1.31. The van der Waals surface area contributed by atoms with E-state index in [2.05, 4.69) is 0 Å². The van der Waals surface area contributed by atoms with Crippen LogP contribution in [0.3, 0.4) is 0 Å². The van der Waals surface area contributed by atoms with E-state index in [0.29, 0.717) is 27.7 Å². The number of ether oxygens (including phenoxy) is 4. The van der Waals surface area contributed by atoms with Gasteiger partial charge >= 0.3 is 5.97 Å². The van der Waals surface area contributed by atoms with Gasteiger partial charge in [0.2, 0.25) is 5.75 Å². The minimum Gasteiger partial charge on any atom is -0.493 e. The van der Waals surface area contributed by atoms with E-state index < -0.39 is 17.8 Å². The first kappa shape index (κ1) is 22.2. The molecule has 0 N–H and O–H groups in total. The molecule has 0 aliphatic heterocycles. The predicted molar refractivity (Wildman–Crippen MR) is 108 cm³/mol. The third-order valence-electron chi connectivity index (χ3n) is 4.40. The molecule has 1 aromatic carbocycles. The molecule has 0 fully saturated rings. The van der Waals surface area contributed by atoms with E-state index in [1.54, 1.807) is 36.6 Å². The molecule has 2 aromatic rings. The highest BCUT2D eigenvalue weighted by molar-refractivity contribution is 7.12. The van der Waals surface area contributed by atoms with Crippen LogP contribution in [0.5, 0.6) is 17.2 Å². The summed E-state index contributed by atoms with van der Waals surface area (Å²) in [5, 5.41) is 11.5. The summed E-state index contributed by atoms with van der Waals surface area (Å²) in [4.78, 5) is 25.8. The number of nitrogens with zero attached hydrogens (tertiary/aromatic N) is 1. The molecule has 0 bridgehead atoms. The van der Waals surface area contributed by atoms with E-state index in [-0.39, 0.29) is 18.8 Å². The first-order valence-corrected chi connectivity index (χ1v) is 9.81. The van der Waals surface area contributed by atoms with E-state index in [9.17, 15) is 14.9 Å². The minimum absolute atomic E-state index is 0.0454. The molecule has 154 valence electrons. The summed E-state index contributed by atoms with van der Waals surface area (Å²) in [7, 11) is 4.43. The zero-order valence-electron chi connectivity index (χ0n) is 16.8. The Balaban J connectivity index is 2.55. The number of rotatable bonds is 10. The van der Waals surface area contributed by atoms with E-state index >= 15 is 0 Å². The summed E-state index contributed by atoms with van der Waals surface area (Å²) in [5.74, 6) is -1.63. The zero-order chi connectivity index (χ0) is 21.4.